The Balaban J connectivity index is 2.52. The zero-order valence-corrected chi connectivity index (χ0v) is 11.5. The lowest BCUT2D eigenvalue weighted by atomic mass is 9.96. The number of nitro groups is 1. The standard InChI is InChI=1S/C15H13N3O4/c16-14(17-20)8-11-6-7-12(18(21)22)9-13(11)15(19)10-4-2-1-3-5-10/h1-7,9,20H,8H2,(H2,16,17). The normalized spacial score (nSPS) is 11.2. The van der Waals surface area contributed by atoms with Crippen LogP contribution in [0.3, 0.4) is 0 Å². The Morgan fingerprint density at radius 3 is 2.50 bits per heavy atom. The Morgan fingerprint density at radius 2 is 1.91 bits per heavy atom. The van der Waals surface area contributed by atoms with Crippen LogP contribution in [0.4, 0.5) is 5.69 Å². The van der Waals surface area contributed by atoms with Crippen molar-refractivity contribution >= 4 is 17.3 Å². The Hall–Kier alpha value is -3.22. The van der Waals surface area contributed by atoms with Crippen molar-refractivity contribution in [2.24, 2.45) is 10.9 Å². The fourth-order valence-electron chi connectivity index (χ4n) is 2.02. The molecule has 112 valence electrons. The van der Waals surface area contributed by atoms with Gasteiger partial charge in [-0.25, -0.2) is 0 Å². The minimum absolute atomic E-state index is 0.0163. The van der Waals surface area contributed by atoms with E-state index in [4.69, 9.17) is 10.9 Å². The number of hydrogen-bond acceptors (Lipinski definition) is 5. The van der Waals surface area contributed by atoms with E-state index in [1.54, 1.807) is 30.3 Å². The molecule has 2 aromatic carbocycles. The van der Waals surface area contributed by atoms with Crippen molar-refractivity contribution in [2.45, 2.75) is 6.42 Å². The van der Waals surface area contributed by atoms with Crippen molar-refractivity contribution in [3.05, 3.63) is 75.3 Å². The molecular formula is C15H13N3O4. The quantitative estimate of drug-likeness (QED) is 0.219. The monoisotopic (exact) mass is 299 g/mol. The third-order valence-electron chi connectivity index (χ3n) is 3.08. The summed E-state index contributed by atoms with van der Waals surface area (Å²) in [6, 6.07) is 12.3. The lowest BCUT2D eigenvalue weighted by Crippen LogP contribution is -2.17. The van der Waals surface area contributed by atoms with E-state index in [2.05, 4.69) is 5.16 Å². The predicted octanol–water partition coefficient (Wildman–Crippen LogP) is 2.11. The summed E-state index contributed by atoms with van der Waals surface area (Å²) in [6.07, 6.45) is 0.0163. The van der Waals surface area contributed by atoms with Gasteiger partial charge in [-0.3, -0.25) is 14.9 Å². The second kappa shape index (κ2) is 6.49. The molecule has 0 fully saturated rings. The van der Waals surface area contributed by atoms with Gasteiger partial charge in [0.1, 0.15) is 5.84 Å². The van der Waals surface area contributed by atoms with Gasteiger partial charge in [0.15, 0.2) is 5.78 Å². The fraction of sp³-hybridized carbons (Fsp3) is 0.0667. The zero-order valence-electron chi connectivity index (χ0n) is 11.5. The summed E-state index contributed by atoms with van der Waals surface area (Å²) in [4.78, 5) is 22.9. The predicted molar refractivity (Wildman–Crippen MR) is 80.1 cm³/mol. The van der Waals surface area contributed by atoms with Crippen LogP contribution >= 0.6 is 0 Å². The minimum atomic E-state index is -0.574. The molecule has 0 unspecified atom stereocenters. The fourth-order valence-corrected chi connectivity index (χ4v) is 2.02. The largest absolute Gasteiger partial charge is 0.409 e. The first-order chi connectivity index (χ1) is 10.5. The van der Waals surface area contributed by atoms with E-state index < -0.39 is 4.92 Å². The second-order valence-electron chi connectivity index (χ2n) is 4.56. The molecule has 0 bridgehead atoms. The van der Waals surface area contributed by atoms with Crippen molar-refractivity contribution < 1.29 is 14.9 Å². The number of nitrogens with zero attached hydrogens (tertiary/aromatic N) is 2. The van der Waals surface area contributed by atoms with Crippen LogP contribution in [0.2, 0.25) is 0 Å². The van der Waals surface area contributed by atoms with Gasteiger partial charge in [0.2, 0.25) is 0 Å². The van der Waals surface area contributed by atoms with Crippen molar-refractivity contribution in [3.8, 4) is 0 Å². The molecular weight excluding hydrogens is 286 g/mol. The van der Waals surface area contributed by atoms with E-state index in [0.717, 1.165) is 0 Å². The van der Waals surface area contributed by atoms with Crippen LogP contribution in [0.15, 0.2) is 53.7 Å². The third-order valence-corrected chi connectivity index (χ3v) is 3.08. The van der Waals surface area contributed by atoms with Gasteiger partial charge in [-0.2, -0.15) is 0 Å². The summed E-state index contributed by atoms with van der Waals surface area (Å²) in [7, 11) is 0. The number of benzene rings is 2. The SMILES string of the molecule is N/C(Cc1ccc([N+](=O)[O-])cc1C(=O)c1ccccc1)=N/O. The zero-order chi connectivity index (χ0) is 16.1. The van der Waals surface area contributed by atoms with E-state index in [0.29, 0.717) is 11.1 Å². The summed E-state index contributed by atoms with van der Waals surface area (Å²) in [5.41, 5.74) is 6.29. The summed E-state index contributed by atoms with van der Waals surface area (Å²) in [5.74, 6) is -0.444. The Labute approximate surface area is 125 Å². The van der Waals surface area contributed by atoms with Crippen molar-refractivity contribution in [3.63, 3.8) is 0 Å². The number of hydrogen-bond donors (Lipinski definition) is 2. The average molecular weight is 299 g/mol. The number of oxime groups is 1. The second-order valence-corrected chi connectivity index (χ2v) is 4.56. The number of ketones is 1. The summed E-state index contributed by atoms with van der Waals surface area (Å²) in [6.45, 7) is 0. The highest BCUT2D eigenvalue weighted by molar-refractivity contribution is 6.10. The molecule has 7 nitrogen and oxygen atoms in total. The smallest absolute Gasteiger partial charge is 0.270 e. The molecule has 22 heavy (non-hydrogen) atoms. The lowest BCUT2D eigenvalue weighted by molar-refractivity contribution is -0.384. The van der Waals surface area contributed by atoms with E-state index in [1.165, 1.54) is 18.2 Å². The van der Waals surface area contributed by atoms with Crippen LogP contribution in [-0.4, -0.2) is 21.7 Å². The van der Waals surface area contributed by atoms with E-state index in [9.17, 15) is 14.9 Å². The maximum Gasteiger partial charge on any atom is 0.270 e. The molecule has 0 saturated heterocycles. The Morgan fingerprint density at radius 1 is 1.23 bits per heavy atom. The van der Waals surface area contributed by atoms with Gasteiger partial charge in [-0.05, 0) is 5.56 Å². The number of carbonyl (C=O) groups excluding carboxylic acids is 1. The van der Waals surface area contributed by atoms with Gasteiger partial charge in [0.05, 0.1) is 4.92 Å². The average Bonchev–Trinajstić information content (AvgIpc) is 2.55. The number of amidine groups is 1. The number of non-ortho nitro benzene ring substituents is 1. The van der Waals surface area contributed by atoms with Crippen LogP contribution in [0.25, 0.3) is 0 Å². The highest BCUT2D eigenvalue weighted by atomic mass is 16.6. The van der Waals surface area contributed by atoms with Crippen molar-refractivity contribution in [1.29, 1.82) is 0 Å². The minimum Gasteiger partial charge on any atom is -0.409 e. The van der Waals surface area contributed by atoms with Gasteiger partial charge in [-0.1, -0.05) is 41.6 Å². The molecule has 0 aliphatic heterocycles. The van der Waals surface area contributed by atoms with Crippen LogP contribution in [0.1, 0.15) is 21.5 Å². The summed E-state index contributed by atoms with van der Waals surface area (Å²) < 4.78 is 0. The Bertz CT molecular complexity index is 742. The molecule has 0 radical (unpaired) electrons. The van der Waals surface area contributed by atoms with Crippen LogP contribution in [0.5, 0.6) is 0 Å². The molecule has 2 rings (SSSR count). The first-order valence-electron chi connectivity index (χ1n) is 6.36. The van der Waals surface area contributed by atoms with E-state index >= 15 is 0 Å². The number of nitro benzene ring substituents is 1. The molecule has 3 N–H and O–H groups in total. The first kappa shape index (κ1) is 15.2. The highest BCUT2D eigenvalue weighted by Crippen LogP contribution is 2.21. The highest BCUT2D eigenvalue weighted by Gasteiger charge is 2.18. The van der Waals surface area contributed by atoms with Crippen molar-refractivity contribution in [1.82, 2.24) is 0 Å². The lowest BCUT2D eigenvalue weighted by Gasteiger charge is -2.08. The molecule has 0 saturated carbocycles. The molecule has 0 heterocycles. The number of nitrogens with two attached hydrogens (primary N) is 1. The van der Waals surface area contributed by atoms with Gasteiger partial charge in [0, 0.05) is 29.7 Å². The first-order valence-corrected chi connectivity index (χ1v) is 6.36. The van der Waals surface area contributed by atoms with Gasteiger partial charge >= 0.3 is 0 Å². The molecule has 0 amide bonds. The van der Waals surface area contributed by atoms with Gasteiger partial charge in [0.25, 0.3) is 5.69 Å². The van der Waals surface area contributed by atoms with Gasteiger partial charge in [-0.15, -0.1) is 0 Å². The summed E-state index contributed by atoms with van der Waals surface area (Å²) >= 11 is 0. The van der Waals surface area contributed by atoms with Crippen LogP contribution in [0, 0.1) is 10.1 Å². The third kappa shape index (κ3) is 3.26. The maximum absolute atomic E-state index is 12.5. The molecule has 0 aromatic heterocycles. The molecule has 7 heteroatoms. The van der Waals surface area contributed by atoms with Crippen molar-refractivity contribution in [2.75, 3.05) is 0 Å². The van der Waals surface area contributed by atoms with Gasteiger partial charge < -0.3 is 10.9 Å². The number of rotatable bonds is 5. The maximum atomic E-state index is 12.5. The molecule has 0 aliphatic carbocycles. The molecule has 0 atom stereocenters. The summed E-state index contributed by atoms with van der Waals surface area (Å²) in [5, 5.41) is 22.4. The van der Waals surface area contributed by atoms with E-state index in [-0.39, 0.29) is 29.3 Å². The molecule has 0 aliphatic rings. The van der Waals surface area contributed by atoms with E-state index in [1.807, 2.05) is 0 Å². The molecule has 2 aromatic rings. The molecule has 0 spiro atoms. The topological polar surface area (TPSA) is 119 Å². The number of carbonyl (C=O) groups is 1. The Kier molecular flexibility index (Phi) is 4.47. The van der Waals surface area contributed by atoms with Crippen LogP contribution < -0.4 is 5.73 Å². The van der Waals surface area contributed by atoms with Crippen LogP contribution in [-0.2, 0) is 6.42 Å².